The van der Waals surface area contributed by atoms with Crippen molar-refractivity contribution in [1.29, 1.82) is 0 Å². The minimum absolute atomic E-state index is 0.0456. The van der Waals surface area contributed by atoms with E-state index in [1.165, 1.54) is 0 Å². The predicted octanol–water partition coefficient (Wildman–Crippen LogP) is 4.54. The molecule has 1 N–H and O–H groups in total. The maximum atomic E-state index is 14.6. The molecule has 8 nitrogen and oxygen atoms in total. The monoisotopic (exact) mass is 617 g/mol. The van der Waals surface area contributed by atoms with E-state index in [0.717, 1.165) is 17.7 Å². The summed E-state index contributed by atoms with van der Waals surface area (Å²) in [5, 5.41) is 9.65. The van der Waals surface area contributed by atoms with Gasteiger partial charge >= 0.3 is 0 Å². The number of carbonyl (C=O) groups excluding carboxylic acids is 3. The topological polar surface area (TPSA) is 90.4 Å². The van der Waals surface area contributed by atoms with Crippen LogP contribution in [0.4, 0.5) is 5.69 Å². The van der Waals surface area contributed by atoms with E-state index in [2.05, 4.69) is 20.1 Å². The third-order valence-corrected chi connectivity index (χ3v) is 11.3. The van der Waals surface area contributed by atoms with Crippen molar-refractivity contribution in [3.8, 4) is 5.75 Å². The van der Waals surface area contributed by atoms with Crippen LogP contribution in [0.2, 0.25) is 0 Å². The number of likely N-dealkylation sites (tertiary alicyclic amines) is 1. The van der Waals surface area contributed by atoms with Crippen LogP contribution in [0.15, 0.2) is 79.9 Å². The number of aliphatic hydroxyl groups is 1. The molecule has 234 valence electrons. The Bertz CT molecular complexity index is 1370. The second-order valence-corrected chi connectivity index (χ2v) is 13.4. The lowest BCUT2D eigenvalue weighted by molar-refractivity contribution is -0.143. The lowest BCUT2D eigenvalue weighted by atomic mass is 9.65. The van der Waals surface area contributed by atoms with E-state index < -0.39 is 22.6 Å². The van der Waals surface area contributed by atoms with Gasteiger partial charge in [-0.2, -0.15) is 0 Å². The van der Waals surface area contributed by atoms with Crippen LogP contribution in [0.25, 0.3) is 0 Å². The SMILES string of the molecule is C=CCN(Cc1ccccc1)C(=O)C1N(CCCO)C(=O)[C@@H]2[C@H](C(=O)N(CC=C)c3ccc(OCC)cc3)[C@@H]3CC(C)C12S3. The van der Waals surface area contributed by atoms with Crippen molar-refractivity contribution < 1.29 is 24.2 Å². The Labute approximate surface area is 264 Å². The first-order valence-corrected chi connectivity index (χ1v) is 16.4. The van der Waals surface area contributed by atoms with Gasteiger partial charge in [-0.1, -0.05) is 49.4 Å². The summed E-state index contributed by atoms with van der Waals surface area (Å²) >= 11 is 1.66. The lowest BCUT2D eigenvalue weighted by Crippen LogP contribution is -2.57. The number of aliphatic hydroxyl groups excluding tert-OH is 1. The van der Waals surface area contributed by atoms with E-state index in [4.69, 9.17) is 4.74 Å². The molecular formula is C35H43N3O5S. The first kappa shape index (κ1) is 31.9. The maximum absolute atomic E-state index is 14.6. The third-order valence-electron chi connectivity index (χ3n) is 9.24. The van der Waals surface area contributed by atoms with Crippen LogP contribution in [-0.2, 0) is 20.9 Å². The number of fused-ring (bicyclic) bond motifs is 1. The van der Waals surface area contributed by atoms with Gasteiger partial charge in [-0.25, -0.2) is 0 Å². The Morgan fingerprint density at radius 1 is 1.09 bits per heavy atom. The second-order valence-electron chi connectivity index (χ2n) is 11.8. The van der Waals surface area contributed by atoms with E-state index in [0.29, 0.717) is 38.3 Å². The summed E-state index contributed by atoms with van der Waals surface area (Å²) in [6, 6.07) is 16.5. The van der Waals surface area contributed by atoms with Crippen LogP contribution in [0.1, 0.15) is 32.3 Å². The van der Waals surface area contributed by atoms with Crippen LogP contribution >= 0.6 is 11.8 Å². The van der Waals surface area contributed by atoms with Crippen LogP contribution in [0.5, 0.6) is 5.75 Å². The van der Waals surface area contributed by atoms with E-state index >= 15 is 0 Å². The Morgan fingerprint density at radius 2 is 1.80 bits per heavy atom. The van der Waals surface area contributed by atoms with E-state index in [9.17, 15) is 19.5 Å². The van der Waals surface area contributed by atoms with E-state index in [-0.39, 0.29) is 42.0 Å². The van der Waals surface area contributed by atoms with Gasteiger partial charge in [0.2, 0.25) is 17.7 Å². The molecule has 44 heavy (non-hydrogen) atoms. The van der Waals surface area contributed by atoms with Crippen molar-refractivity contribution in [2.75, 3.05) is 37.7 Å². The number of nitrogens with zero attached hydrogens (tertiary/aromatic N) is 3. The van der Waals surface area contributed by atoms with Crippen molar-refractivity contribution in [3.63, 3.8) is 0 Å². The average molecular weight is 618 g/mol. The van der Waals surface area contributed by atoms with Crippen LogP contribution < -0.4 is 9.64 Å². The molecule has 2 bridgehead atoms. The highest BCUT2D eigenvalue weighted by Gasteiger charge is 2.76. The molecule has 0 radical (unpaired) electrons. The zero-order valence-electron chi connectivity index (χ0n) is 25.6. The van der Waals surface area contributed by atoms with Gasteiger partial charge in [0.05, 0.1) is 23.2 Å². The minimum atomic E-state index is -0.747. The van der Waals surface area contributed by atoms with Gasteiger partial charge in [0.1, 0.15) is 11.8 Å². The number of amides is 3. The zero-order chi connectivity index (χ0) is 31.4. The molecule has 9 heteroatoms. The molecule has 3 aliphatic heterocycles. The number of ether oxygens (including phenoxy) is 1. The number of hydrogen-bond donors (Lipinski definition) is 1. The Balaban J connectivity index is 1.52. The summed E-state index contributed by atoms with van der Waals surface area (Å²) in [6.07, 6.45) is 4.51. The maximum Gasteiger partial charge on any atom is 0.247 e. The molecular weight excluding hydrogens is 574 g/mol. The zero-order valence-corrected chi connectivity index (χ0v) is 26.5. The Hall–Kier alpha value is -3.56. The molecule has 3 aliphatic rings. The predicted molar refractivity (Wildman–Crippen MR) is 174 cm³/mol. The molecule has 2 aromatic carbocycles. The first-order chi connectivity index (χ1) is 21.3. The molecule has 0 aromatic heterocycles. The number of thioether (sulfide) groups is 1. The molecule has 3 saturated heterocycles. The lowest BCUT2D eigenvalue weighted by Gasteiger charge is -2.41. The molecule has 2 aromatic rings. The molecule has 6 atom stereocenters. The standard InChI is InChI=1S/C35H43N3O5S/c1-5-18-36(23-25-12-9-8-10-13-25)34(42)31-35-24(4)22-28(44-35)29(30(35)33(41)38(31)20-11-21-39)32(40)37(19-6-2)26-14-16-27(17-15-26)43-7-3/h5-6,8-10,12-17,24,28-31,39H,1-2,7,11,18-23H2,3-4H3/t24?,28-,29+,30-,31?,35?/m0/s1. The van der Waals surface area contributed by atoms with Crippen LogP contribution in [-0.4, -0.2) is 81.5 Å². The van der Waals surface area contributed by atoms with Gasteiger partial charge in [0.25, 0.3) is 0 Å². The van der Waals surface area contributed by atoms with Crippen LogP contribution in [0, 0.1) is 17.8 Å². The summed E-state index contributed by atoms with van der Waals surface area (Å²) in [6.45, 7) is 13.6. The van der Waals surface area contributed by atoms with Gasteiger partial charge in [-0.3, -0.25) is 14.4 Å². The van der Waals surface area contributed by atoms with Crippen molar-refractivity contribution in [1.82, 2.24) is 9.80 Å². The fraction of sp³-hybridized carbons (Fsp3) is 0.457. The first-order valence-electron chi connectivity index (χ1n) is 15.5. The quantitative estimate of drug-likeness (QED) is 0.313. The highest BCUT2D eigenvalue weighted by atomic mass is 32.2. The molecule has 3 fully saturated rings. The normalized spacial score (nSPS) is 26.8. The van der Waals surface area contributed by atoms with Crippen molar-refractivity contribution in [2.24, 2.45) is 17.8 Å². The van der Waals surface area contributed by atoms with E-state index in [1.54, 1.807) is 38.6 Å². The highest BCUT2D eigenvalue weighted by Crippen LogP contribution is 2.69. The van der Waals surface area contributed by atoms with Crippen molar-refractivity contribution >= 4 is 35.2 Å². The smallest absolute Gasteiger partial charge is 0.247 e. The van der Waals surface area contributed by atoms with Gasteiger partial charge in [-0.05, 0) is 55.5 Å². The van der Waals surface area contributed by atoms with Crippen molar-refractivity contribution in [3.05, 3.63) is 85.5 Å². The summed E-state index contributed by atoms with van der Waals surface area (Å²) in [4.78, 5) is 48.8. The summed E-state index contributed by atoms with van der Waals surface area (Å²) in [7, 11) is 0. The molecule has 3 unspecified atom stereocenters. The Morgan fingerprint density at radius 3 is 2.43 bits per heavy atom. The number of rotatable bonds is 14. The summed E-state index contributed by atoms with van der Waals surface area (Å²) in [5.41, 5.74) is 1.70. The molecule has 5 rings (SSSR count). The molecule has 1 spiro atoms. The molecule has 3 heterocycles. The van der Waals surface area contributed by atoms with E-state index in [1.807, 2.05) is 61.5 Å². The fourth-order valence-corrected chi connectivity index (χ4v) is 9.86. The number of anilines is 1. The Kier molecular flexibility index (Phi) is 9.85. The summed E-state index contributed by atoms with van der Waals surface area (Å²) < 4.78 is 4.85. The minimum Gasteiger partial charge on any atom is -0.494 e. The number of carbonyl (C=O) groups is 3. The average Bonchev–Trinajstić information content (AvgIpc) is 3.62. The van der Waals surface area contributed by atoms with Gasteiger partial charge in [0.15, 0.2) is 0 Å². The summed E-state index contributed by atoms with van der Waals surface area (Å²) in [5.74, 6) is -0.877. The van der Waals surface area contributed by atoms with Crippen molar-refractivity contribution in [2.45, 2.75) is 49.3 Å². The molecule has 0 aliphatic carbocycles. The molecule has 3 amide bonds. The van der Waals surface area contributed by atoms with Gasteiger partial charge in [0, 0.05) is 43.7 Å². The van der Waals surface area contributed by atoms with Gasteiger partial charge in [-0.15, -0.1) is 24.9 Å². The fourth-order valence-electron chi connectivity index (χ4n) is 7.45. The number of benzene rings is 2. The largest absolute Gasteiger partial charge is 0.494 e. The number of hydrogen-bond acceptors (Lipinski definition) is 6. The van der Waals surface area contributed by atoms with Crippen LogP contribution in [0.3, 0.4) is 0 Å². The second kappa shape index (κ2) is 13.6. The third kappa shape index (κ3) is 5.56. The van der Waals surface area contributed by atoms with Gasteiger partial charge < -0.3 is 24.5 Å². The highest BCUT2D eigenvalue weighted by molar-refractivity contribution is 8.02. The molecule has 0 saturated carbocycles.